The lowest BCUT2D eigenvalue weighted by Gasteiger charge is -2.16. The van der Waals surface area contributed by atoms with E-state index >= 15 is 0 Å². The molecule has 112 valence electrons. The van der Waals surface area contributed by atoms with Crippen molar-refractivity contribution in [2.45, 2.75) is 26.7 Å². The Morgan fingerprint density at radius 2 is 1.19 bits per heavy atom. The molecule has 0 aliphatic carbocycles. The van der Waals surface area contributed by atoms with Crippen molar-refractivity contribution in [2.75, 3.05) is 10.7 Å². The molecular weight excluding hydrogens is 392 g/mol. The maximum atomic E-state index is 6.27. The van der Waals surface area contributed by atoms with Crippen LogP contribution in [0.15, 0.2) is 36.4 Å². The minimum atomic E-state index is 0.941. The third-order valence-corrected chi connectivity index (χ3v) is 4.44. The van der Waals surface area contributed by atoms with E-state index in [1.165, 1.54) is 22.3 Å². The lowest BCUT2D eigenvalue weighted by atomic mass is 10.0. The van der Waals surface area contributed by atoms with Crippen molar-refractivity contribution in [3.63, 3.8) is 0 Å². The van der Waals surface area contributed by atoms with Gasteiger partial charge in [-0.15, -0.1) is 0 Å². The van der Waals surface area contributed by atoms with Gasteiger partial charge >= 0.3 is 0 Å². The van der Waals surface area contributed by atoms with E-state index in [0.717, 1.165) is 35.0 Å². The Hall–Kier alpha value is -0.800. The average Bonchev–Trinajstić information content (AvgIpc) is 2.46. The molecule has 0 unspecified atom stereocenters. The summed E-state index contributed by atoms with van der Waals surface area (Å²) in [4.78, 5) is 0. The molecule has 3 heteroatoms. The number of aryl methyl sites for hydroxylation is 2. The van der Waals surface area contributed by atoms with Crippen LogP contribution in [-0.4, -0.2) is 10.7 Å². The number of benzene rings is 2. The highest BCUT2D eigenvalue weighted by Gasteiger charge is 2.11. The van der Waals surface area contributed by atoms with Gasteiger partial charge in [0.15, 0.2) is 0 Å². The molecule has 0 saturated heterocycles. The molecular formula is C18H20Br2O. The zero-order chi connectivity index (χ0) is 15.2. The summed E-state index contributed by atoms with van der Waals surface area (Å²) < 4.78 is 6.27. The summed E-state index contributed by atoms with van der Waals surface area (Å²) in [6.45, 7) is 4.28. The molecule has 0 heterocycles. The van der Waals surface area contributed by atoms with Crippen LogP contribution >= 0.6 is 31.9 Å². The van der Waals surface area contributed by atoms with E-state index in [0.29, 0.717) is 0 Å². The van der Waals surface area contributed by atoms with E-state index in [4.69, 9.17) is 4.74 Å². The number of rotatable bonds is 6. The number of alkyl halides is 2. The Kier molecular flexibility index (Phi) is 6.31. The average molecular weight is 412 g/mol. The van der Waals surface area contributed by atoms with Crippen LogP contribution in [-0.2, 0) is 12.8 Å². The Labute approximate surface area is 144 Å². The molecule has 0 radical (unpaired) electrons. The fourth-order valence-corrected chi connectivity index (χ4v) is 3.28. The van der Waals surface area contributed by atoms with Gasteiger partial charge in [-0.3, -0.25) is 0 Å². The van der Waals surface area contributed by atoms with Crippen molar-refractivity contribution in [3.05, 3.63) is 58.7 Å². The zero-order valence-electron chi connectivity index (χ0n) is 12.5. The number of halogens is 2. The van der Waals surface area contributed by atoms with Crippen molar-refractivity contribution in [2.24, 2.45) is 0 Å². The van der Waals surface area contributed by atoms with Gasteiger partial charge in [0.25, 0.3) is 0 Å². The Balaban J connectivity index is 2.39. The molecule has 2 rings (SSSR count). The zero-order valence-corrected chi connectivity index (χ0v) is 15.6. The van der Waals surface area contributed by atoms with Gasteiger partial charge in [-0.2, -0.15) is 0 Å². The summed E-state index contributed by atoms with van der Waals surface area (Å²) in [6.07, 6.45) is 1.95. The third-order valence-electron chi connectivity index (χ3n) is 3.64. The first-order chi connectivity index (χ1) is 10.2. The van der Waals surface area contributed by atoms with E-state index in [1.807, 2.05) is 0 Å². The highest BCUT2D eigenvalue weighted by atomic mass is 79.9. The van der Waals surface area contributed by atoms with Gasteiger partial charge in [0.2, 0.25) is 0 Å². The normalized spacial score (nSPS) is 10.7. The van der Waals surface area contributed by atoms with Crippen molar-refractivity contribution < 1.29 is 4.74 Å². The quantitative estimate of drug-likeness (QED) is 0.532. The van der Waals surface area contributed by atoms with Gasteiger partial charge < -0.3 is 4.74 Å². The SMILES string of the molecule is Cc1cccc(Oc2cccc(C)c2CCBr)c1CCBr. The van der Waals surface area contributed by atoms with Crippen LogP contribution in [0.25, 0.3) is 0 Å². The van der Waals surface area contributed by atoms with Gasteiger partial charge in [-0.1, -0.05) is 56.1 Å². The number of hydrogen-bond acceptors (Lipinski definition) is 1. The maximum absolute atomic E-state index is 6.27. The second-order valence-electron chi connectivity index (χ2n) is 5.08. The second-order valence-corrected chi connectivity index (χ2v) is 6.67. The van der Waals surface area contributed by atoms with Gasteiger partial charge in [-0.05, 0) is 61.1 Å². The number of hydrogen-bond donors (Lipinski definition) is 0. The van der Waals surface area contributed by atoms with E-state index in [1.54, 1.807) is 0 Å². The van der Waals surface area contributed by atoms with Crippen LogP contribution in [0.2, 0.25) is 0 Å². The monoisotopic (exact) mass is 410 g/mol. The highest BCUT2D eigenvalue weighted by molar-refractivity contribution is 9.09. The van der Waals surface area contributed by atoms with Crippen molar-refractivity contribution in [1.29, 1.82) is 0 Å². The minimum Gasteiger partial charge on any atom is -0.457 e. The predicted octanol–water partition coefficient (Wildman–Crippen LogP) is 5.97. The molecule has 0 aromatic heterocycles. The van der Waals surface area contributed by atoms with Gasteiger partial charge in [0, 0.05) is 10.7 Å². The standard InChI is InChI=1S/C18H20Br2O/c1-13-5-3-7-17(15(13)9-11-19)21-18-8-4-6-14(2)16(18)10-12-20/h3-8H,9-12H2,1-2H3. The highest BCUT2D eigenvalue weighted by Crippen LogP contribution is 2.32. The Bertz CT molecular complexity index is 555. The first kappa shape index (κ1) is 16.6. The fourth-order valence-electron chi connectivity index (χ4n) is 2.49. The van der Waals surface area contributed by atoms with Gasteiger partial charge in [-0.25, -0.2) is 0 Å². The largest absolute Gasteiger partial charge is 0.457 e. The summed E-state index contributed by atoms with van der Waals surface area (Å²) in [5, 5.41) is 1.88. The Morgan fingerprint density at radius 1 is 0.762 bits per heavy atom. The summed E-state index contributed by atoms with van der Waals surface area (Å²) in [6, 6.07) is 12.5. The fraction of sp³-hybridized carbons (Fsp3) is 0.333. The first-order valence-corrected chi connectivity index (χ1v) is 9.38. The van der Waals surface area contributed by atoms with Crippen LogP contribution < -0.4 is 4.74 Å². The van der Waals surface area contributed by atoms with E-state index in [9.17, 15) is 0 Å². The van der Waals surface area contributed by atoms with Crippen molar-refractivity contribution >= 4 is 31.9 Å². The van der Waals surface area contributed by atoms with Crippen LogP contribution in [0.4, 0.5) is 0 Å². The molecule has 0 spiro atoms. The van der Waals surface area contributed by atoms with Crippen LogP contribution in [0.1, 0.15) is 22.3 Å². The van der Waals surface area contributed by atoms with E-state index < -0.39 is 0 Å². The predicted molar refractivity (Wildman–Crippen MR) is 97.4 cm³/mol. The summed E-state index contributed by atoms with van der Waals surface area (Å²) in [7, 11) is 0. The maximum Gasteiger partial charge on any atom is 0.130 e. The molecule has 0 aliphatic heterocycles. The van der Waals surface area contributed by atoms with Crippen molar-refractivity contribution in [3.8, 4) is 11.5 Å². The first-order valence-electron chi connectivity index (χ1n) is 7.14. The van der Waals surface area contributed by atoms with Crippen LogP contribution in [0, 0.1) is 13.8 Å². The molecule has 0 N–H and O–H groups in total. The molecule has 0 aliphatic rings. The molecule has 0 atom stereocenters. The second kappa shape index (κ2) is 8.00. The lowest BCUT2D eigenvalue weighted by molar-refractivity contribution is 0.470. The third kappa shape index (κ3) is 4.10. The lowest BCUT2D eigenvalue weighted by Crippen LogP contribution is -2.00. The Morgan fingerprint density at radius 3 is 1.57 bits per heavy atom. The van der Waals surface area contributed by atoms with Crippen LogP contribution in [0.3, 0.4) is 0 Å². The van der Waals surface area contributed by atoms with Gasteiger partial charge in [0.05, 0.1) is 0 Å². The van der Waals surface area contributed by atoms with Crippen molar-refractivity contribution in [1.82, 2.24) is 0 Å². The van der Waals surface area contributed by atoms with E-state index in [2.05, 4.69) is 82.1 Å². The molecule has 0 bridgehead atoms. The smallest absolute Gasteiger partial charge is 0.130 e. The molecule has 21 heavy (non-hydrogen) atoms. The van der Waals surface area contributed by atoms with E-state index in [-0.39, 0.29) is 0 Å². The van der Waals surface area contributed by atoms with Gasteiger partial charge in [0.1, 0.15) is 11.5 Å². The molecule has 0 fully saturated rings. The summed E-state index contributed by atoms with van der Waals surface area (Å²) in [5.74, 6) is 1.94. The molecule has 2 aromatic rings. The number of ether oxygens (including phenoxy) is 1. The summed E-state index contributed by atoms with van der Waals surface area (Å²) >= 11 is 7.06. The molecule has 1 nitrogen and oxygen atoms in total. The van der Waals surface area contributed by atoms with Crippen LogP contribution in [0.5, 0.6) is 11.5 Å². The molecule has 2 aromatic carbocycles. The molecule has 0 saturated carbocycles. The molecule has 0 amide bonds. The topological polar surface area (TPSA) is 9.23 Å². The minimum absolute atomic E-state index is 0.941. The summed E-state index contributed by atoms with van der Waals surface area (Å²) in [5.41, 5.74) is 5.12.